The summed E-state index contributed by atoms with van der Waals surface area (Å²) in [5, 5.41) is 2.75. The van der Waals surface area contributed by atoms with Crippen LogP contribution in [0.25, 0.3) is 0 Å². The number of nitrogen functional groups attached to an aromatic ring is 1. The highest BCUT2D eigenvalue weighted by atomic mass is 32.2. The average molecular weight is 268 g/mol. The lowest BCUT2D eigenvalue weighted by atomic mass is 10.1. The van der Waals surface area contributed by atoms with Crippen LogP contribution in [0.5, 0.6) is 0 Å². The van der Waals surface area contributed by atoms with E-state index in [-0.39, 0.29) is 29.9 Å². The predicted molar refractivity (Wildman–Crippen MR) is 69.8 cm³/mol. The lowest BCUT2D eigenvalue weighted by Crippen LogP contribution is -2.36. The first kappa shape index (κ1) is 12.9. The van der Waals surface area contributed by atoms with Gasteiger partial charge in [-0.3, -0.25) is 4.79 Å². The van der Waals surface area contributed by atoms with Crippen LogP contribution in [0.2, 0.25) is 0 Å². The summed E-state index contributed by atoms with van der Waals surface area (Å²) in [5.74, 6) is 0.0715. The second-order valence-corrected chi connectivity index (χ2v) is 6.81. The van der Waals surface area contributed by atoms with Gasteiger partial charge in [-0.05, 0) is 24.1 Å². The minimum absolute atomic E-state index is 0.0560. The molecule has 1 unspecified atom stereocenters. The smallest absolute Gasteiger partial charge is 0.224 e. The van der Waals surface area contributed by atoms with E-state index in [9.17, 15) is 13.2 Å². The quantitative estimate of drug-likeness (QED) is 0.762. The number of carbonyl (C=O) groups excluding carboxylic acids is 1. The molecule has 0 radical (unpaired) electrons. The fourth-order valence-corrected chi connectivity index (χ4v) is 3.68. The molecule has 0 aromatic heterocycles. The molecule has 0 spiro atoms. The minimum Gasteiger partial charge on any atom is -0.399 e. The lowest BCUT2D eigenvalue weighted by Gasteiger charge is -2.10. The Balaban J connectivity index is 1.88. The molecule has 2 rings (SSSR count). The SMILES string of the molecule is Nc1ccc(CC(=O)NC2CCS(=O)(=O)C2)cc1. The molecule has 6 heteroatoms. The Kier molecular flexibility index (Phi) is 3.56. The van der Waals surface area contributed by atoms with Crippen molar-refractivity contribution in [1.82, 2.24) is 5.32 Å². The molecule has 3 N–H and O–H groups in total. The van der Waals surface area contributed by atoms with Crippen molar-refractivity contribution in [1.29, 1.82) is 0 Å². The Morgan fingerprint density at radius 2 is 2.00 bits per heavy atom. The summed E-state index contributed by atoms with van der Waals surface area (Å²) in [6.45, 7) is 0. The van der Waals surface area contributed by atoms with Gasteiger partial charge in [0.15, 0.2) is 9.84 Å². The fourth-order valence-electron chi connectivity index (χ4n) is 2.01. The fraction of sp³-hybridized carbons (Fsp3) is 0.417. The Morgan fingerprint density at radius 1 is 1.33 bits per heavy atom. The van der Waals surface area contributed by atoms with Crippen LogP contribution in [0.1, 0.15) is 12.0 Å². The van der Waals surface area contributed by atoms with Crippen LogP contribution in [0, 0.1) is 0 Å². The Morgan fingerprint density at radius 3 is 2.56 bits per heavy atom. The van der Waals surface area contributed by atoms with E-state index in [4.69, 9.17) is 5.73 Å². The van der Waals surface area contributed by atoms with Crippen LogP contribution in [0.4, 0.5) is 5.69 Å². The summed E-state index contributed by atoms with van der Waals surface area (Å²) in [6, 6.07) is 6.82. The number of rotatable bonds is 3. The van der Waals surface area contributed by atoms with E-state index in [2.05, 4.69) is 5.32 Å². The number of nitrogens with one attached hydrogen (secondary N) is 1. The van der Waals surface area contributed by atoms with Crippen LogP contribution in [-0.4, -0.2) is 31.9 Å². The summed E-state index contributed by atoms with van der Waals surface area (Å²) in [4.78, 5) is 11.7. The van der Waals surface area contributed by atoms with E-state index in [1.165, 1.54) is 0 Å². The molecule has 1 amide bonds. The van der Waals surface area contributed by atoms with Crippen molar-refractivity contribution in [2.24, 2.45) is 0 Å². The van der Waals surface area contributed by atoms with Gasteiger partial charge in [0.1, 0.15) is 0 Å². The summed E-state index contributed by atoms with van der Waals surface area (Å²) in [5.41, 5.74) is 7.07. The Hall–Kier alpha value is -1.56. The van der Waals surface area contributed by atoms with E-state index < -0.39 is 9.84 Å². The van der Waals surface area contributed by atoms with Gasteiger partial charge in [0.25, 0.3) is 0 Å². The number of sulfone groups is 1. The van der Waals surface area contributed by atoms with Crippen LogP contribution in [-0.2, 0) is 21.1 Å². The van der Waals surface area contributed by atoms with Gasteiger partial charge < -0.3 is 11.1 Å². The maximum absolute atomic E-state index is 11.7. The standard InChI is InChI=1S/C12H16N2O3S/c13-10-3-1-9(2-4-10)7-12(15)14-11-5-6-18(16,17)8-11/h1-4,11H,5-8,13H2,(H,14,15). The number of anilines is 1. The van der Waals surface area contributed by atoms with Gasteiger partial charge in [-0.1, -0.05) is 12.1 Å². The van der Waals surface area contributed by atoms with Crippen LogP contribution >= 0.6 is 0 Å². The first-order valence-corrected chi connectivity index (χ1v) is 7.61. The highest BCUT2D eigenvalue weighted by Gasteiger charge is 2.28. The molecule has 98 valence electrons. The second-order valence-electron chi connectivity index (χ2n) is 4.59. The Labute approximate surface area is 106 Å². The van der Waals surface area contributed by atoms with Gasteiger partial charge in [-0.25, -0.2) is 8.42 Å². The third-order valence-electron chi connectivity index (χ3n) is 2.94. The number of hydrogen-bond acceptors (Lipinski definition) is 4. The summed E-state index contributed by atoms with van der Waals surface area (Å²) < 4.78 is 22.5. The molecule has 1 fully saturated rings. The highest BCUT2D eigenvalue weighted by Crippen LogP contribution is 2.12. The topological polar surface area (TPSA) is 89.3 Å². The van der Waals surface area contributed by atoms with Crippen molar-refractivity contribution in [2.45, 2.75) is 18.9 Å². The van der Waals surface area contributed by atoms with E-state index in [0.29, 0.717) is 12.1 Å². The molecule has 1 aliphatic heterocycles. The van der Waals surface area contributed by atoms with Crippen LogP contribution in [0.3, 0.4) is 0 Å². The van der Waals surface area contributed by atoms with Gasteiger partial charge in [-0.2, -0.15) is 0 Å². The number of carbonyl (C=O) groups is 1. The largest absolute Gasteiger partial charge is 0.399 e. The molecule has 0 bridgehead atoms. The van der Waals surface area contributed by atoms with Crippen LogP contribution < -0.4 is 11.1 Å². The number of amides is 1. The van der Waals surface area contributed by atoms with E-state index in [0.717, 1.165) is 5.56 Å². The van der Waals surface area contributed by atoms with E-state index in [1.54, 1.807) is 24.3 Å². The molecule has 1 heterocycles. The van der Waals surface area contributed by atoms with Gasteiger partial charge in [0, 0.05) is 11.7 Å². The summed E-state index contributed by atoms with van der Waals surface area (Å²) in [6.07, 6.45) is 0.757. The molecule has 5 nitrogen and oxygen atoms in total. The van der Waals surface area contributed by atoms with Crippen molar-refractivity contribution in [3.05, 3.63) is 29.8 Å². The van der Waals surface area contributed by atoms with Gasteiger partial charge >= 0.3 is 0 Å². The third kappa shape index (κ3) is 3.46. The average Bonchev–Trinajstić information content (AvgIpc) is 2.61. The second kappa shape index (κ2) is 4.97. The minimum atomic E-state index is -2.95. The number of benzene rings is 1. The predicted octanol–water partition coefficient (Wildman–Crippen LogP) is 0.115. The van der Waals surface area contributed by atoms with Crippen LogP contribution in [0.15, 0.2) is 24.3 Å². The van der Waals surface area contributed by atoms with Crippen molar-refractivity contribution >= 4 is 21.4 Å². The third-order valence-corrected chi connectivity index (χ3v) is 4.71. The molecular formula is C12H16N2O3S. The molecule has 1 aliphatic rings. The first-order chi connectivity index (χ1) is 8.44. The van der Waals surface area contributed by atoms with Gasteiger partial charge in [-0.15, -0.1) is 0 Å². The van der Waals surface area contributed by atoms with Crippen molar-refractivity contribution < 1.29 is 13.2 Å². The highest BCUT2D eigenvalue weighted by molar-refractivity contribution is 7.91. The van der Waals surface area contributed by atoms with Gasteiger partial charge in [0.2, 0.25) is 5.91 Å². The number of hydrogen-bond donors (Lipinski definition) is 2. The van der Waals surface area contributed by atoms with E-state index >= 15 is 0 Å². The zero-order valence-electron chi connectivity index (χ0n) is 9.93. The zero-order valence-corrected chi connectivity index (χ0v) is 10.7. The maximum Gasteiger partial charge on any atom is 0.224 e. The molecule has 0 saturated carbocycles. The molecule has 1 saturated heterocycles. The summed E-state index contributed by atoms with van der Waals surface area (Å²) in [7, 11) is -2.95. The molecular weight excluding hydrogens is 252 g/mol. The summed E-state index contributed by atoms with van der Waals surface area (Å²) >= 11 is 0. The normalized spacial score (nSPS) is 21.7. The molecule has 1 atom stereocenters. The molecule has 1 aromatic carbocycles. The van der Waals surface area contributed by atoms with E-state index in [1.807, 2.05) is 0 Å². The molecule has 18 heavy (non-hydrogen) atoms. The zero-order chi connectivity index (χ0) is 13.2. The first-order valence-electron chi connectivity index (χ1n) is 5.79. The molecule has 0 aliphatic carbocycles. The lowest BCUT2D eigenvalue weighted by molar-refractivity contribution is -0.120. The maximum atomic E-state index is 11.7. The van der Waals surface area contributed by atoms with Crippen molar-refractivity contribution in [3.8, 4) is 0 Å². The van der Waals surface area contributed by atoms with Crippen molar-refractivity contribution in [2.75, 3.05) is 17.2 Å². The van der Waals surface area contributed by atoms with Crippen molar-refractivity contribution in [3.63, 3.8) is 0 Å². The monoisotopic (exact) mass is 268 g/mol. The Bertz CT molecular complexity index is 537. The number of nitrogens with two attached hydrogens (primary N) is 1. The molecule has 1 aromatic rings. The van der Waals surface area contributed by atoms with Gasteiger partial charge in [0.05, 0.1) is 17.9 Å².